The molecule has 0 bridgehead atoms. The van der Waals surface area contributed by atoms with E-state index in [9.17, 15) is 14.9 Å². The third-order valence-electron chi connectivity index (χ3n) is 3.09. The van der Waals surface area contributed by atoms with Gasteiger partial charge in [-0.3, -0.25) is 14.9 Å². The van der Waals surface area contributed by atoms with E-state index in [-0.39, 0.29) is 22.0 Å². The van der Waals surface area contributed by atoms with E-state index in [2.05, 4.69) is 5.32 Å². The van der Waals surface area contributed by atoms with E-state index in [1.807, 2.05) is 6.07 Å². The molecule has 1 aromatic heterocycles. The third-order valence-corrected chi connectivity index (χ3v) is 3.39. The summed E-state index contributed by atoms with van der Waals surface area (Å²) in [4.78, 5) is 22.3. The number of halogens is 1. The predicted molar refractivity (Wildman–Crippen MR) is 78.0 cm³/mol. The average Bonchev–Trinajstić information content (AvgIpc) is 3.03. The van der Waals surface area contributed by atoms with Gasteiger partial charge in [0, 0.05) is 11.6 Å². The van der Waals surface area contributed by atoms with Gasteiger partial charge in [-0.1, -0.05) is 11.6 Å². The maximum atomic E-state index is 12.0. The largest absolute Gasteiger partial charge is 0.446 e. The molecule has 3 rings (SSSR count). The van der Waals surface area contributed by atoms with Gasteiger partial charge in [0.25, 0.3) is 11.6 Å². The van der Waals surface area contributed by atoms with Gasteiger partial charge in [0.2, 0.25) is 5.76 Å². The van der Waals surface area contributed by atoms with E-state index in [1.165, 1.54) is 30.3 Å². The minimum absolute atomic E-state index is 0.0601. The molecular weight excluding hydrogens is 310 g/mol. The van der Waals surface area contributed by atoms with Crippen LogP contribution in [0.5, 0.6) is 0 Å². The molecule has 7 nitrogen and oxygen atoms in total. The summed E-state index contributed by atoms with van der Waals surface area (Å²) in [5.74, 6) is -0.0267. The Balaban J connectivity index is 2.13. The first-order chi connectivity index (χ1) is 10.5. The summed E-state index contributed by atoms with van der Waals surface area (Å²) in [6, 6.07) is 7.38. The second kappa shape index (κ2) is 5.02. The Hall–Kier alpha value is -3.11. The van der Waals surface area contributed by atoms with Crippen LogP contribution in [0.1, 0.15) is 17.1 Å². The lowest BCUT2D eigenvalue weighted by molar-refractivity contribution is -0.384. The van der Waals surface area contributed by atoms with Crippen molar-refractivity contribution in [2.24, 2.45) is 0 Å². The fourth-order valence-corrected chi connectivity index (χ4v) is 2.35. The Morgan fingerprint density at radius 3 is 2.82 bits per heavy atom. The normalized spacial score (nSPS) is 14.5. The van der Waals surface area contributed by atoms with Crippen LogP contribution in [0.3, 0.4) is 0 Å². The van der Waals surface area contributed by atoms with Crippen molar-refractivity contribution in [3.8, 4) is 6.07 Å². The summed E-state index contributed by atoms with van der Waals surface area (Å²) in [6.45, 7) is 0. The smallest absolute Gasteiger partial charge is 0.288 e. The number of rotatable bonds is 2. The second-order valence-corrected chi connectivity index (χ2v) is 4.84. The number of hydrogen-bond acceptors (Lipinski definition) is 5. The number of nitro groups is 1. The van der Waals surface area contributed by atoms with Gasteiger partial charge in [-0.05, 0) is 24.3 Å². The van der Waals surface area contributed by atoms with Crippen molar-refractivity contribution < 1.29 is 14.1 Å². The van der Waals surface area contributed by atoms with Crippen LogP contribution in [0, 0.1) is 21.4 Å². The molecule has 0 spiro atoms. The van der Waals surface area contributed by atoms with Crippen LogP contribution in [0.2, 0.25) is 5.02 Å². The molecule has 1 aliphatic rings. The Kier molecular flexibility index (Phi) is 3.16. The lowest BCUT2D eigenvalue weighted by Gasteiger charge is -2.00. The van der Waals surface area contributed by atoms with Crippen LogP contribution in [0.25, 0.3) is 11.6 Å². The molecule has 0 radical (unpaired) electrons. The zero-order chi connectivity index (χ0) is 15.9. The fraction of sp³-hybridized carbons (Fsp3) is 0. The number of nitriles is 1. The van der Waals surface area contributed by atoms with Gasteiger partial charge in [0.1, 0.15) is 16.9 Å². The van der Waals surface area contributed by atoms with E-state index >= 15 is 0 Å². The van der Waals surface area contributed by atoms with Crippen LogP contribution < -0.4 is 5.32 Å². The van der Waals surface area contributed by atoms with Crippen molar-refractivity contribution in [2.75, 3.05) is 5.32 Å². The fourth-order valence-electron chi connectivity index (χ4n) is 2.12. The number of anilines is 1. The van der Waals surface area contributed by atoms with Crippen LogP contribution >= 0.6 is 11.6 Å². The average molecular weight is 316 g/mol. The van der Waals surface area contributed by atoms with Gasteiger partial charge < -0.3 is 9.73 Å². The molecule has 0 unspecified atom stereocenters. The molecule has 108 valence electrons. The monoisotopic (exact) mass is 315 g/mol. The Morgan fingerprint density at radius 1 is 1.41 bits per heavy atom. The molecule has 22 heavy (non-hydrogen) atoms. The molecule has 2 aromatic rings. The van der Waals surface area contributed by atoms with Crippen molar-refractivity contribution in [2.45, 2.75) is 0 Å². The maximum absolute atomic E-state index is 12.0. The minimum Gasteiger partial charge on any atom is -0.446 e. The van der Waals surface area contributed by atoms with Gasteiger partial charge in [0.05, 0.1) is 16.2 Å². The number of nitro benzene ring substituents is 1. The number of amides is 1. The van der Waals surface area contributed by atoms with Crippen molar-refractivity contribution in [1.29, 1.82) is 5.26 Å². The van der Waals surface area contributed by atoms with Crippen molar-refractivity contribution >= 4 is 40.5 Å². The SMILES string of the molecule is N#Cc1ccc(/C=C2/C(=O)Nc3cc(Cl)c([N+](=O)[O-])cc32)o1. The highest BCUT2D eigenvalue weighted by Gasteiger charge is 2.28. The van der Waals surface area contributed by atoms with Gasteiger partial charge in [-0.25, -0.2) is 0 Å². The van der Waals surface area contributed by atoms with E-state index in [4.69, 9.17) is 21.3 Å². The first-order valence-corrected chi connectivity index (χ1v) is 6.38. The summed E-state index contributed by atoms with van der Waals surface area (Å²) in [6.07, 6.45) is 1.42. The summed E-state index contributed by atoms with van der Waals surface area (Å²) in [7, 11) is 0. The molecule has 0 fully saturated rings. The molecule has 0 saturated carbocycles. The van der Waals surface area contributed by atoms with E-state index in [1.54, 1.807) is 0 Å². The highest BCUT2D eigenvalue weighted by atomic mass is 35.5. The summed E-state index contributed by atoms with van der Waals surface area (Å²) < 4.78 is 5.18. The Bertz CT molecular complexity index is 892. The first-order valence-electron chi connectivity index (χ1n) is 6.01. The molecule has 0 atom stereocenters. The standard InChI is InChI=1S/C14H6ClN3O4/c15-11-5-12-9(4-13(11)18(20)21)10(14(19)17-12)3-7-1-2-8(6-16)22-7/h1-5H,(H,17,19)/b10-3+. The number of nitrogens with zero attached hydrogens (tertiary/aromatic N) is 2. The number of carbonyl (C=O) groups excluding carboxylic acids is 1. The molecule has 1 aliphatic heterocycles. The molecule has 1 N–H and O–H groups in total. The molecule has 8 heteroatoms. The van der Waals surface area contributed by atoms with Crippen LogP contribution in [-0.2, 0) is 4.79 Å². The van der Waals surface area contributed by atoms with Crippen LogP contribution in [0.15, 0.2) is 28.7 Å². The lowest BCUT2D eigenvalue weighted by Crippen LogP contribution is -2.03. The lowest BCUT2D eigenvalue weighted by atomic mass is 10.1. The predicted octanol–water partition coefficient (Wildman–Crippen LogP) is 3.21. The van der Waals surface area contributed by atoms with Gasteiger partial charge in [0.15, 0.2) is 0 Å². The molecule has 1 aromatic carbocycles. The van der Waals surface area contributed by atoms with Gasteiger partial charge >= 0.3 is 0 Å². The summed E-state index contributed by atoms with van der Waals surface area (Å²) in [5, 5.41) is 22.2. The molecule has 2 heterocycles. The molecular formula is C14H6ClN3O4. The maximum Gasteiger partial charge on any atom is 0.288 e. The van der Waals surface area contributed by atoms with Crippen molar-refractivity contribution in [3.05, 3.63) is 56.5 Å². The highest BCUT2D eigenvalue weighted by Crippen LogP contribution is 2.39. The van der Waals surface area contributed by atoms with Gasteiger partial charge in [-0.2, -0.15) is 5.26 Å². The molecule has 1 amide bonds. The van der Waals surface area contributed by atoms with Crippen molar-refractivity contribution in [3.63, 3.8) is 0 Å². The Labute approximate surface area is 128 Å². The number of hydrogen-bond donors (Lipinski definition) is 1. The molecule has 0 aliphatic carbocycles. The Morgan fingerprint density at radius 2 is 2.18 bits per heavy atom. The number of nitrogens with one attached hydrogen (secondary N) is 1. The first kappa shape index (κ1) is 13.9. The van der Waals surface area contributed by atoms with E-state index in [0.29, 0.717) is 17.0 Å². The minimum atomic E-state index is -0.621. The quantitative estimate of drug-likeness (QED) is 0.520. The van der Waals surface area contributed by atoms with Crippen LogP contribution in [0.4, 0.5) is 11.4 Å². The van der Waals surface area contributed by atoms with E-state index < -0.39 is 10.8 Å². The summed E-state index contributed by atoms with van der Waals surface area (Å²) in [5.41, 5.74) is 0.656. The summed E-state index contributed by atoms with van der Waals surface area (Å²) >= 11 is 5.81. The molecule has 0 saturated heterocycles. The van der Waals surface area contributed by atoms with E-state index in [0.717, 1.165) is 0 Å². The number of fused-ring (bicyclic) bond motifs is 1. The van der Waals surface area contributed by atoms with Gasteiger partial charge in [-0.15, -0.1) is 0 Å². The number of carbonyl (C=O) groups is 1. The van der Waals surface area contributed by atoms with Crippen LogP contribution in [-0.4, -0.2) is 10.8 Å². The number of benzene rings is 1. The zero-order valence-corrected chi connectivity index (χ0v) is 11.5. The highest BCUT2D eigenvalue weighted by molar-refractivity contribution is 6.37. The van der Waals surface area contributed by atoms with Crippen molar-refractivity contribution in [1.82, 2.24) is 0 Å². The third kappa shape index (κ3) is 2.21. The zero-order valence-electron chi connectivity index (χ0n) is 10.8. The topological polar surface area (TPSA) is 109 Å². The second-order valence-electron chi connectivity index (χ2n) is 4.43. The number of furan rings is 1.